The van der Waals surface area contributed by atoms with Gasteiger partial charge in [0.2, 0.25) is 11.5 Å². The Morgan fingerprint density at radius 1 is 0.867 bits per heavy atom. The summed E-state index contributed by atoms with van der Waals surface area (Å²) in [5.41, 5.74) is 5.84. The first-order valence-electron chi connectivity index (χ1n) is 21.3. The fourth-order valence-electron chi connectivity index (χ4n) is 8.98. The second-order valence-electron chi connectivity index (χ2n) is 16.5. The predicted octanol–water partition coefficient (Wildman–Crippen LogP) is 6.62. The quantitative estimate of drug-likeness (QED) is 0.0614. The summed E-state index contributed by atoms with van der Waals surface area (Å²) >= 11 is 0. The molecule has 3 fully saturated rings. The van der Waals surface area contributed by atoms with Crippen LogP contribution in [0.2, 0.25) is 0 Å². The normalized spacial score (nSPS) is 19.2. The van der Waals surface area contributed by atoms with E-state index >= 15 is 0 Å². The summed E-state index contributed by atoms with van der Waals surface area (Å²) in [4.78, 5) is 44.8. The highest BCUT2D eigenvalue weighted by molar-refractivity contribution is 5.91. The van der Waals surface area contributed by atoms with Crippen LogP contribution in [-0.4, -0.2) is 95.1 Å². The monoisotopic (exact) mass is 813 g/mol. The smallest absolute Gasteiger partial charge is 0.411 e. The van der Waals surface area contributed by atoms with Crippen LogP contribution in [0.3, 0.4) is 0 Å². The minimum atomic E-state index is -0.854. The van der Waals surface area contributed by atoms with Gasteiger partial charge in [-0.05, 0) is 84.4 Å². The van der Waals surface area contributed by atoms with E-state index in [1.807, 2.05) is 59.5 Å². The molecule has 12 heteroatoms. The van der Waals surface area contributed by atoms with Crippen molar-refractivity contribution < 1.29 is 29.3 Å². The molecule has 2 amide bonds. The third-order valence-corrected chi connectivity index (χ3v) is 12.2. The maximum Gasteiger partial charge on any atom is 0.411 e. The molecule has 4 atom stereocenters. The zero-order valence-corrected chi connectivity index (χ0v) is 33.9. The van der Waals surface area contributed by atoms with E-state index in [1.165, 1.54) is 23.3 Å². The van der Waals surface area contributed by atoms with Crippen molar-refractivity contribution in [3.63, 3.8) is 0 Å². The molecule has 0 radical (unpaired) electrons. The number of anilines is 1. The number of aliphatic hydroxyl groups excluding tert-OH is 1. The summed E-state index contributed by atoms with van der Waals surface area (Å²) in [5.74, 6) is 1.10. The molecule has 2 saturated carbocycles. The number of likely N-dealkylation sites (tertiary alicyclic amines) is 1. The van der Waals surface area contributed by atoms with Crippen LogP contribution in [0.4, 0.5) is 10.5 Å². The van der Waals surface area contributed by atoms with Gasteiger partial charge in [-0.3, -0.25) is 19.8 Å². The molecule has 0 spiro atoms. The lowest BCUT2D eigenvalue weighted by Crippen LogP contribution is -2.39. The van der Waals surface area contributed by atoms with E-state index in [0.29, 0.717) is 61.0 Å². The third-order valence-electron chi connectivity index (χ3n) is 12.2. The number of benzene rings is 4. The minimum absolute atomic E-state index is 0.0470. The number of aromatic amines is 1. The van der Waals surface area contributed by atoms with Crippen molar-refractivity contribution in [1.82, 2.24) is 20.1 Å². The van der Waals surface area contributed by atoms with Crippen LogP contribution >= 0.6 is 0 Å². The Bertz CT molecular complexity index is 2280. The maximum atomic E-state index is 13.1. The Kier molecular flexibility index (Phi) is 13.2. The Balaban J connectivity index is 0.700. The van der Waals surface area contributed by atoms with Crippen LogP contribution in [0, 0.1) is 11.8 Å². The molecule has 1 aromatic heterocycles. The van der Waals surface area contributed by atoms with Crippen LogP contribution in [-0.2, 0) is 27.2 Å². The molecule has 12 nitrogen and oxygen atoms in total. The summed E-state index contributed by atoms with van der Waals surface area (Å²) in [6.45, 7) is 5.19. The summed E-state index contributed by atoms with van der Waals surface area (Å²) in [5, 5.41) is 27.8. The molecule has 1 aliphatic heterocycles. The van der Waals surface area contributed by atoms with Crippen LogP contribution in [0.25, 0.3) is 22.0 Å². The van der Waals surface area contributed by atoms with Crippen LogP contribution in [0.15, 0.2) is 108 Å². The number of amides is 2. The highest BCUT2D eigenvalue weighted by Gasteiger charge is 2.42. The Morgan fingerprint density at radius 3 is 2.37 bits per heavy atom. The molecule has 2 unspecified atom stereocenters. The van der Waals surface area contributed by atoms with E-state index in [2.05, 4.69) is 44.8 Å². The minimum Gasteiger partial charge on any atom is -0.506 e. The predicted molar refractivity (Wildman–Crippen MR) is 232 cm³/mol. The number of aliphatic hydroxyl groups is 1. The van der Waals surface area contributed by atoms with Gasteiger partial charge in [0.15, 0.2) is 0 Å². The van der Waals surface area contributed by atoms with E-state index in [0.717, 1.165) is 68.6 Å². The number of pyridine rings is 1. The number of fused-ring (bicyclic) bond motifs is 2. The van der Waals surface area contributed by atoms with E-state index in [9.17, 15) is 24.6 Å². The summed E-state index contributed by atoms with van der Waals surface area (Å²) in [6, 6.07) is 32.9. The van der Waals surface area contributed by atoms with Gasteiger partial charge in [0.1, 0.15) is 11.9 Å². The number of H-pyrrole nitrogens is 1. The van der Waals surface area contributed by atoms with Gasteiger partial charge in [0.05, 0.1) is 36.9 Å². The lowest BCUT2D eigenvalue weighted by atomic mass is 10.0. The van der Waals surface area contributed by atoms with Crippen LogP contribution < -0.4 is 16.2 Å². The molecule has 4 aromatic carbocycles. The van der Waals surface area contributed by atoms with Gasteiger partial charge in [-0.15, -0.1) is 0 Å². The summed E-state index contributed by atoms with van der Waals surface area (Å²) in [6.07, 6.45) is 3.60. The first kappa shape index (κ1) is 41.2. The summed E-state index contributed by atoms with van der Waals surface area (Å²) in [7, 11) is 0. The topological polar surface area (TPSA) is 156 Å². The largest absolute Gasteiger partial charge is 0.506 e. The number of rotatable bonds is 18. The molecule has 3 aliphatic rings. The second-order valence-corrected chi connectivity index (χ2v) is 16.5. The zero-order valence-electron chi connectivity index (χ0n) is 33.9. The fourth-order valence-corrected chi connectivity index (χ4v) is 8.98. The molecule has 2 aliphatic carbocycles. The van der Waals surface area contributed by atoms with Crippen molar-refractivity contribution >= 4 is 28.6 Å². The number of para-hydroxylation sites is 1. The Morgan fingerprint density at radius 2 is 1.60 bits per heavy atom. The molecule has 5 aromatic rings. The number of phenolic OH excluding ortho intramolecular Hbond substituents is 1. The van der Waals surface area contributed by atoms with Gasteiger partial charge in [-0.25, -0.2) is 4.79 Å². The van der Waals surface area contributed by atoms with Crippen LogP contribution in [0.5, 0.6) is 5.75 Å². The number of nitrogens with one attached hydrogen (secondary N) is 3. The number of phenols is 1. The molecule has 314 valence electrons. The molecule has 60 heavy (non-hydrogen) atoms. The maximum absolute atomic E-state index is 13.1. The second kappa shape index (κ2) is 19.2. The first-order valence-corrected chi connectivity index (χ1v) is 21.3. The number of carbonyl (C=O) groups is 2. The van der Waals surface area contributed by atoms with Crippen molar-refractivity contribution in [1.29, 1.82) is 0 Å². The number of hydrogen-bond acceptors (Lipinski definition) is 9. The number of aromatic hydroxyl groups is 1. The summed E-state index contributed by atoms with van der Waals surface area (Å²) < 4.78 is 11.8. The van der Waals surface area contributed by atoms with Crippen LogP contribution in [0.1, 0.15) is 54.9 Å². The highest BCUT2D eigenvalue weighted by atomic mass is 16.6. The number of aromatic nitrogens is 1. The molecule has 8 rings (SSSR count). The number of nitrogens with zero attached hydrogens (tertiary/aromatic N) is 2. The third kappa shape index (κ3) is 10.4. The lowest BCUT2D eigenvalue weighted by Gasteiger charge is -2.23. The zero-order chi connectivity index (χ0) is 41.4. The van der Waals surface area contributed by atoms with Crippen molar-refractivity contribution in [3.8, 4) is 16.9 Å². The number of carbonyl (C=O) groups excluding carboxylic acids is 2. The van der Waals surface area contributed by atoms with E-state index in [-0.39, 0.29) is 35.9 Å². The van der Waals surface area contributed by atoms with Gasteiger partial charge in [-0.1, -0.05) is 78.9 Å². The van der Waals surface area contributed by atoms with E-state index in [4.69, 9.17) is 9.47 Å². The molecular formula is C48H55N5O7. The van der Waals surface area contributed by atoms with Gasteiger partial charge >= 0.3 is 6.09 Å². The number of ether oxygens (including phenoxy) is 2. The van der Waals surface area contributed by atoms with E-state index in [1.54, 1.807) is 12.1 Å². The Hall–Kier alpha value is -5.53. The number of hydrogen-bond donors (Lipinski definition) is 5. The van der Waals surface area contributed by atoms with Gasteiger partial charge in [0, 0.05) is 62.3 Å². The molecule has 5 N–H and O–H groups in total. The van der Waals surface area contributed by atoms with Crippen molar-refractivity contribution in [2.24, 2.45) is 11.8 Å². The van der Waals surface area contributed by atoms with E-state index < -0.39 is 12.2 Å². The first-order chi connectivity index (χ1) is 29.3. The van der Waals surface area contributed by atoms with Gasteiger partial charge in [0.25, 0.3) is 0 Å². The van der Waals surface area contributed by atoms with Gasteiger partial charge in [-0.2, -0.15) is 0 Å². The van der Waals surface area contributed by atoms with Crippen molar-refractivity contribution in [2.75, 3.05) is 51.3 Å². The molecule has 2 heterocycles. The van der Waals surface area contributed by atoms with Crippen molar-refractivity contribution in [3.05, 3.63) is 130 Å². The average molecular weight is 814 g/mol. The van der Waals surface area contributed by atoms with Crippen molar-refractivity contribution in [2.45, 2.75) is 63.3 Å². The standard InChI is InChI=1S/C48H55N5O7/c54-43-18-16-40(41-17-19-45(56)51-47(41)43)44(55)28-49-22-23-53(37-14-15-37)46(57)21-25-59-24-20-32-10-12-33(13-11-32)29-52-30-35-26-38(27-36(35)31-52)60-48(58)50-42-9-5-4-8-39(42)34-6-2-1-3-7-34/h1-13,16-19,35-38,44,49,54-55H,14-15,20-31H2,(H,50,58)(H,51,56)/t35-,36?,38?,44+/m1/s1. The van der Waals surface area contributed by atoms with Gasteiger partial charge < -0.3 is 34.9 Å². The SMILES string of the molecule is O=C(Nc1ccccc1-c1ccccc1)OC1CC2CN(Cc3ccc(CCOCCC(=O)N(CCNC[C@H](O)c4ccc(O)c5[nH]c(=O)ccc45)C4CC4)cc3)C[C@H]2C1. The molecular weight excluding hydrogens is 759 g/mol. The lowest BCUT2D eigenvalue weighted by molar-refractivity contribution is -0.132. The molecule has 1 saturated heterocycles. The Labute approximate surface area is 350 Å². The molecule has 0 bridgehead atoms. The fraction of sp³-hybridized carbons (Fsp3) is 0.396. The average Bonchev–Trinajstić information content (AvgIpc) is 3.93. The highest BCUT2D eigenvalue weighted by Crippen LogP contribution is 2.40.